The van der Waals surface area contributed by atoms with Crippen molar-refractivity contribution < 1.29 is 0 Å². The summed E-state index contributed by atoms with van der Waals surface area (Å²) in [5.74, 6) is 0. The topological polar surface area (TPSA) is 18.5 Å². The maximum atomic E-state index is 3.60. The van der Waals surface area contributed by atoms with E-state index in [1.165, 1.54) is 52.0 Å². The molecule has 3 nitrogen and oxygen atoms in total. The van der Waals surface area contributed by atoms with E-state index < -0.39 is 0 Å². The van der Waals surface area contributed by atoms with Gasteiger partial charge in [0.2, 0.25) is 0 Å². The minimum Gasteiger partial charge on any atom is -0.311 e. The fraction of sp³-hybridized carbons (Fsp3) is 1.00. The Hall–Kier alpha value is -0.120. The zero-order valence-electron chi connectivity index (χ0n) is 13.1. The van der Waals surface area contributed by atoms with Gasteiger partial charge in [-0.3, -0.25) is 4.90 Å². The summed E-state index contributed by atoms with van der Waals surface area (Å²) in [6, 6.07) is 0.900. The van der Waals surface area contributed by atoms with Gasteiger partial charge in [-0.05, 0) is 32.9 Å². The van der Waals surface area contributed by atoms with E-state index >= 15 is 0 Å². The Morgan fingerprint density at radius 2 is 1.44 bits per heavy atom. The summed E-state index contributed by atoms with van der Waals surface area (Å²) in [5.41, 5.74) is 0.605. The second kappa shape index (κ2) is 7.46. The number of rotatable bonds is 1. The van der Waals surface area contributed by atoms with Crippen molar-refractivity contribution in [3.63, 3.8) is 0 Å². The van der Waals surface area contributed by atoms with Crippen LogP contribution < -0.4 is 5.32 Å². The second-order valence-corrected chi connectivity index (χ2v) is 5.36. The Morgan fingerprint density at radius 1 is 0.944 bits per heavy atom. The lowest BCUT2D eigenvalue weighted by Crippen LogP contribution is -2.70. The molecule has 3 fully saturated rings. The molecule has 1 aliphatic carbocycles. The molecule has 0 amide bonds. The molecule has 0 radical (unpaired) electrons. The third-order valence-electron chi connectivity index (χ3n) is 4.41. The molecule has 1 saturated carbocycles. The first-order valence-electron chi connectivity index (χ1n) is 7.95. The van der Waals surface area contributed by atoms with Crippen LogP contribution in [-0.2, 0) is 0 Å². The van der Waals surface area contributed by atoms with Crippen molar-refractivity contribution in [2.75, 3.05) is 39.8 Å². The van der Waals surface area contributed by atoms with Gasteiger partial charge in [-0.15, -0.1) is 0 Å². The van der Waals surface area contributed by atoms with Gasteiger partial charge in [0.05, 0.1) is 0 Å². The molecule has 3 aliphatic rings. The van der Waals surface area contributed by atoms with Crippen molar-refractivity contribution in [1.29, 1.82) is 0 Å². The van der Waals surface area contributed by atoms with Crippen LogP contribution in [0.15, 0.2) is 0 Å². The van der Waals surface area contributed by atoms with Gasteiger partial charge in [-0.1, -0.05) is 27.7 Å². The molecule has 0 aromatic carbocycles. The molecule has 3 heteroatoms. The molecule has 3 rings (SSSR count). The fourth-order valence-corrected chi connectivity index (χ4v) is 3.11. The first-order chi connectivity index (χ1) is 8.77. The normalized spacial score (nSPS) is 35.5. The summed E-state index contributed by atoms with van der Waals surface area (Å²) in [4.78, 5) is 5.14. The third kappa shape index (κ3) is 3.46. The molecule has 2 heterocycles. The van der Waals surface area contributed by atoms with E-state index in [9.17, 15) is 0 Å². The molecule has 2 saturated heterocycles. The zero-order valence-corrected chi connectivity index (χ0v) is 13.1. The largest absolute Gasteiger partial charge is 0.311 e. The molecular weight excluding hydrogens is 222 g/mol. The lowest BCUT2D eigenvalue weighted by Gasteiger charge is -2.58. The molecule has 18 heavy (non-hydrogen) atoms. The highest BCUT2D eigenvalue weighted by Gasteiger charge is 2.49. The summed E-state index contributed by atoms with van der Waals surface area (Å²) < 4.78 is 0. The molecule has 1 N–H and O–H groups in total. The Bertz CT molecular complexity index is 210. The quantitative estimate of drug-likeness (QED) is 0.775. The lowest BCUT2D eigenvalue weighted by atomic mass is 9.66. The Kier molecular flexibility index (Phi) is 6.61. The van der Waals surface area contributed by atoms with Crippen LogP contribution in [0, 0.1) is 0 Å². The molecule has 0 aromatic rings. The van der Waals surface area contributed by atoms with Crippen LogP contribution >= 0.6 is 0 Å². The van der Waals surface area contributed by atoms with Crippen molar-refractivity contribution in [3.05, 3.63) is 0 Å². The predicted octanol–water partition coefficient (Wildman–Crippen LogP) is 2.18. The van der Waals surface area contributed by atoms with E-state index in [0.717, 1.165) is 6.04 Å². The molecular formula is C15H33N3. The first kappa shape index (κ1) is 15.9. The smallest absolute Gasteiger partial charge is 0.0223 e. The van der Waals surface area contributed by atoms with Gasteiger partial charge in [-0.2, -0.15) is 0 Å². The first-order valence-corrected chi connectivity index (χ1v) is 7.95. The van der Waals surface area contributed by atoms with Gasteiger partial charge >= 0.3 is 0 Å². The van der Waals surface area contributed by atoms with Crippen LogP contribution in [0.4, 0.5) is 0 Å². The van der Waals surface area contributed by atoms with Gasteiger partial charge in [0, 0.05) is 37.8 Å². The molecule has 2 aliphatic heterocycles. The van der Waals surface area contributed by atoms with Crippen molar-refractivity contribution in [2.45, 2.75) is 58.5 Å². The maximum Gasteiger partial charge on any atom is 0.0223 e. The summed E-state index contributed by atoms with van der Waals surface area (Å²) in [6.45, 7) is 14.4. The zero-order chi connectivity index (χ0) is 13.6. The van der Waals surface area contributed by atoms with Crippen LogP contribution in [0.25, 0.3) is 0 Å². The molecule has 0 aromatic heterocycles. The van der Waals surface area contributed by atoms with Crippen LogP contribution in [0.5, 0.6) is 0 Å². The Balaban J connectivity index is 0.000000371. The Morgan fingerprint density at radius 3 is 1.83 bits per heavy atom. The molecule has 1 spiro atoms. The summed E-state index contributed by atoms with van der Waals surface area (Å²) in [6.07, 6.45) is 4.25. The van der Waals surface area contributed by atoms with E-state index in [1.807, 2.05) is 27.7 Å². The van der Waals surface area contributed by atoms with E-state index in [2.05, 4.69) is 22.2 Å². The van der Waals surface area contributed by atoms with Gasteiger partial charge in [-0.25, -0.2) is 0 Å². The molecule has 108 valence electrons. The average Bonchev–Trinajstić information content (AvgIpc) is 2.33. The van der Waals surface area contributed by atoms with Crippen LogP contribution in [0.3, 0.4) is 0 Å². The summed E-state index contributed by atoms with van der Waals surface area (Å²) in [7, 11) is 2.23. The van der Waals surface area contributed by atoms with E-state index in [1.54, 1.807) is 0 Å². The molecule has 0 unspecified atom stereocenters. The van der Waals surface area contributed by atoms with E-state index in [4.69, 9.17) is 0 Å². The highest BCUT2D eigenvalue weighted by molar-refractivity contribution is 5.10. The molecule has 0 bridgehead atoms. The summed E-state index contributed by atoms with van der Waals surface area (Å²) >= 11 is 0. The SMILES string of the molecule is CC.CC.CN1CCN(C2CC3(CCN3)C2)CC1. The average molecular weight is 255 g/mol. The number of nitrogens with zero attached hydrogens (tertiary/aromatic N) is 2. The predicted molar refractivity (Wildman–Crippen MR) is 80.1 cm³/mol. The monoisotopic (exact) mass is 255 g/mol. The number of hydrogen-bond acceptors (Lipinski definition) is 3. The van der Waals surface area contributed by atoms with Gasteiger partial charge in [0.25, 0.3) is 0 Å². The number of likely N-dealkylation sites (N-methyl/N-ethyl adjacent to an activating group) is 1. The van der Waals surface area contributed by atoms with Gasteiger partial charge in [0.1, 0.15) is 0 Å². The minimum atomic E-state index is 0.605. The lowest BCUT2D eigenvalue weighted by molar-refractivity contribution is -0.0214. The number of hydrogen-bond donors (Lipinski definition) is 1. The number of piperazine rings is 1. The Labute approximate surface area is 114 Å². The maximum absolute atomic E-state index is 3.60. The van der Waals surface area contributed by atoms with Crippen LogP contribution in [0.1, 0.15) is 47.0 Å². The highest BCUT2D eigenvalue weighted by Crippen LogP contribution is 2.42. The third-order valence-corrected chi connectivity index (χ3v) is 4.41. The summed E-state index contributed by atoms with van der Waals surface area (Å²) in [5, 5.41) is 3.60. The van der Waals surface area contributed by atoms with Crippen molar-refractivity contribution in [2.24, 2.45) is 0 Å². The fourth-order valence-electron chi connectivity index (χ4n) is 3.11. The highest BCUT2D eigenvalue weighted by atomic mass is 15.3. The van der Waals surface area contributed by atoms with Gasteiger partial charge in [0.15, 0.2) is 0 Å². The van der Waals surface area contributed by atoms with Crippen molar-refractivity contribution in [3.8, 4) is 0 Å². The van der Waals surface area contributed by atoms with Gasteiger partial charge < -0.3 is 10.2 Å². The molecule has 0 atom stereocenters. The van der Waals surface area contributed by atoms with Crippen LogP contribution in [0.2, 0.25) is 0 Å². The van der Waals surface area contributed by atoms with Crippen LogP contribution in [-0.4, -0.2) is 61.2 Å². The van der Waals surface area contributed by atoms with E-state index in [0.29, 0.717) is 5.54 Å². The standard InChI is InChI=1S/C11H21N3.2C2H6/c1-13-4-6-14(7-5-13)10-8-11(9-10)2-3-12-11;2*1-2/h10,12H,2-9H2,1H3;2*1-2H3. The van der Waals surface area contributed by atoms with Crippen molar-refractivity contribution >= 4 is 0 Å². The number of nitrogens with one attached hydrogen (secondary N) is 1. The van der Waals surface area contributed by atoms with Crippen molar-refractivity contribution in [1.82, 2.24) is 15.1 Å². The minimum absolute atomic E-state index is 0.605. The second-order valence-electron chi connectivity index (χ2n) is 5.36. The van der Waals surface area contributed by atoms with E-state index in [-0.39, 0.29) is 0 Å².